The van der Waals surface area contributed by atoms with Crippen molar-refractivity contribution in [3.63, 3.8) is 0 Å². The number of imide groups is 1. The van der Waals surface area contributed by atoms with Crippen molar-refractivity contribution >= 4 is 11.8 Å². The van der Waals surface area contributed by atoms with Crippen LogP contribution in [-0.4, -0.2) is 16.9 Å². The molecule has 0 aliphatic carbocycles. The summed E-state index contributed by atoms with van der Waals surface area (Å²) in [5, 5.41) is 13.7. The Hall–Kier alpha value is -3.24. The van der Waals surface area contributed by atoms with E-state index >= 15 is 0 Å². The van der Waals surface area contributed by atoms with Gasteiger partial charge in [-0.3, -0.25) is 14.9 Å². The van der Waals surface area contributed by atoms with E-state index in [2.05, 4.69) is 5.32 Å². The Morgan fingerprint density at radius 2 is 1.15 bits per heavy atom. The van der Waals surface area contributed by atoms with Gasteiger partial charge in [0.1, 0.15) is 5.60 Å². The minimum absolute atomic E-state index is 0.264. The van der Waals surface area contributed by atoms with E-state index in [1.54, 1.807) is 78.9 Å². The molecule has 0 atom stereocenters. The second kappa shape index (κ2) is 7.76. The number of nitrogens with one attached hydrogen (secondary N) is 1. The predicted octanol–water partition coefficient (Wildman–Crippen LogP) is 3.27. The molecule has 0 saturated heterocycles. The average Bonchev–Trinajstić information content (AvgIpc) is 2.70. The van der Waals surface area contributed by atoms with Crippen molar-refractivity contribution in [3.8, 4) is 0 Å². The fraction of sp³-hybridized carbons (Fsp3) is 0.0909. The zero-order valence-corrected chi connectivity index (χ0v) is 14.1. The van der Waals surface area contributed by atoms with Crippen LogP contribution in [0.5, 0.6) is 0 Å². The third kappa shape index (κ3) is 3.87. The zero-order valence-electron chi connectivity index (χ0n) is 14.1. The van der Waals surface area contributed by atoms with Crippen molar-refractivity contribution < 1.29 is 14.7 Å². The molecule has 4 nitrogen and oxygen atoms in total. The summed E-state index contributed by atoms with van der Waals surface area (Å²) in [6.45, 7) is 0. The number of amides is 2. The van der Waals surface area contributed by atoms with Gasteiger partial charge in [0, 0.05) is 5.56 Å². The van der Waals surface area contributed by atoms with Gasteiger partial charge in [0.15, 0.2) is 0 Å². The lowest BCUT2D eigenvalue weighted by atomic mass is 9.83. The van der Waals surface area contributed by atoms with Gasteiger partial charge in [0.2, 0.25) is 5.91 Å². The molecule has 0 spiro atoms. The molecule has 2 amide bonds. The smallest absolute Gasteiger partial charge is 0.257 e. The van der Waals surface area contributed by atoms with Gasteiger partial charge in [0.25, 0.3) is 5.91 Å². The maximum absolute atomic E-state index is 12.5. The SMILES string of the molecule is O=C(CC(O)(c1ccccc1)c1ccccc1)NC(=O)c1ccccc1. The lowest BCUT2D eigenvalue weighted by molar-refractivity contribution is -0.124. The summed E-state index contributed by atoms with van der Waals surface area (Å²) in [7, 11) is 0. The quantitative estimate of drug-likeness (QED) is 0.746. The average molecular weight is 345 g/mol. The lowest BCUT2D eigenvalue weighted by Crippen LogP contribution is -2.38. The molecule has 130 valence electrons. The molecule has 2 N–H and O–H groups in total. The first-order valence-electron chi connectivity index (χ1n) is 8.32. The topological polar surface area (TPSA) is 66.4 Å². The Bertz CT molecular complexity index is 838. The monoisotopic (exact) mass is 345 g/mol. The van der Waals surface area contributed by atoms with Gasteiger partial charge in [-0.15, -0.1) is 0 Å². The van der Waals surface area contributed by atoms with Gasteiger partial charge in [-0.05, 0) is 23.3 Å². The van der Waals surface area contributed by atoms with Gasteiger partial charge < -0.3 is 5.11 Å². The molecule has 3 aromatic rings. The number of hydrogen-bond donors (Lipinski definition) is 2. The molecule has 3 aromatic carbocycles. The second-order valence-corrected chi connectivity index (χ2v) is 6.01. The van der Waals surface area contributed by atoms with Gasteiger partial charge in [0.05, 0.1) is 6.42 Å². The molecule has 4 heteroatoms. The van der Waals surface area contributed by atoms with Crippen LogP contribution in [0.3, 0.4) is 0 Å². The summed E-state index contributed by atoms with van der Waals surface area (Å²) in [4.78, 5) is 24.7. The van der Waals surface area contributed by atoms with Gasteiger partial charge in [-0.2, -0.15) is 0 Å². The van der Waals surface area contributed by atoms with Crippen molar-refractivity contribution in [1.82, 2.24) is 5.32 Å². The van der Waals surface area contributed by atoms with Gasteiger partial charge in [-0.25, -0.2) is 0 Å². The highest BCUT2D eigenvalue weighted by molar-refractivity contribution is 6.04. The van der Waals surface area contributed by atoms with E-state index < -0.39 is 17.4 Å². The van der Waals surface area contributed by atoms with E-state index in [-0.39, 0.29) is 6.42 Å². The van der Waals surface area contributed by atoms with Crippen LogP contribution in [0.25, 0.3) is 0 Å². The number of carbonyl (C=O) groups is 2. The first-order chi connectivity index (χ1) is 12.6. The summed E-state index contributed by atoms with van der Waals surface area (Å²) in [5.41, 5.74) is 0.0506. The van der Waals surface area contributed by atoms with Gasteiger partial charge >= 0.3 is 0 Å². The van der Waals surface area contributed by atoms with Crippen LogP contribution in [0.1, 0.15) is 27.9 Å². The molecule has 0 unspecified atom stereocenters. The first-order valence-corrected chi connectivity index (χ1v) is 8.32. The Morgan fingerprint density at radius 3 is 1.62 bits per heavy atom. The molecule has 0 aromatic heterocycles. The van der Waals surface area contributed by atoms with E-state index in [4.69, 9.17) is 0 Å². The number of rotatable bonds is 5. The zero-order chi connectivity index (χ0) is 18.4. The van der Waals surface area contributed by atoms with Crippen LogP contribution in [0.2, 0.25) is 0 Å². The predicted molar refractivity (Wildman–Crippen MR) is 99.4 cm³/mol. The maximum Gasteiger partial charge on any atom is 0.257 e. The van der Waals surface area contributed by atoms with Crippen molar-refractivity contribution in [1.29, 1.82) is 0 Å². The summed E-state index contributed by atoms with van der Waals surface area (Å²) in [6.07, 6.45) is -0.264. The van der Waals surface area contributed by atoms with Gasteiger partial charge in [-0.1, -0.05) is 78.9 Å². The Kier molecular flexibility index (Phi) is 5.25. The van der Waals surface area contributed by atoms with Crippen LogP contribution in [0.15, 0.2) is 91.0 Å². The molecule has 0 aliphatic heterocycles. The van der Waals surface area contributed by atoms with Crippen LogP contribution < -0.4 is 5.32 Å². The van der Waals surface area contributed by atoms with Crippen molar-refractivity contribution in [2.75, 3.05) is 0 Å². The molecule has 0 radical (unpaired) electrons. The van der Waals surface area contributed by atoms with Crippen LogP contribution >= 0.6 is 0 Å². The highest BCUT2D eigenvalue weighted by Gasteiger charge is 2.34. The number of carbonyl (C=O) groups excluding carboxylic acids is 2. The highest BCUT2D eigenvalue weighted by atomic mass is 16.3. The molecule has 3 rings (SSSR count). The third-order valence-electron chi connectivity index (χ3n) is 4.21. The molecular formula is C22H19NO3. The number of benzene rings is 3. The Labute approximate surface area is 152 Å². The molecule has 0 saturated carbocycles. The molecular weight excluding hydrogens is 326 g/mol. The molecule has 0 heterocycles. The van der Waals surface area contributed by atoms with E-state index in [0.29, 0.717) is 16.7 Å². The summed E-state index contributed by atoms with van der Waals surface area (Å²) in [5.74, 6) is -1.03. The number of hydrogen-bond acceptors (Lipinski definition) is 3. The second-order valence-electron chi connectivity index (χ2n) is 6.01. The van der Waals surface area contributed by atoms with E-state index in [0.717, 1.165) is 0 Å². The standard InChI is InChI=1S/C22H19NO3/c24-20(23-21(25)17-10-4-1-5-11-17)16-22(26,18-12-6-2-7-13-18)19-14-8-3-9-15-19/h1-15,26H,16H2,(H,23,24,25). The summed E-state index contributed by atoms with van der Waals surface area (Å²) in [6, 6.07) is 26.4. The normalized spacial score (nSPS) is 11.0. The Morgan fingerprint density at radius 1 is 0.731 bits per heavy atom. The van der Waals surface area contributed by atoms with Crippen molar-refractivity contribution in [2.45, 2.75) is 12.0 Å². The Balaban J connectivity index is 1.85. The van der Waals surface area contributed by atoms with Crippen LogP contribution in [0, 0.1) is 0 Å². The number of aliphatic hydroxyl groups is 1. The highest BCUT2D eigenvalue weighted by Crippen LogP contribution is 2.32. The summed E-state index contributed by atoms with van der Waals surface area (Å²) < 4.78 is 0. The molecule has 0 fully saturated rings. The first kappa shape index (κ1) is 17.6. The van der Waals surface area contributed by atoms with Crippen molar-refractivity contribution in [2.24, 2.45) is 0 Å². The van der Waals surface area contributed by atoms with E-state index in [9.17, 15) is 14.7 Å². The van der Waals surface area contributed by atoms with E-state index in [1.807, 2.05) is 12.1 Å². The minimum Gasteiger partial charge on any atom is -0.380 e. The third-order valence-corrected chi connectivity index (χ3v) is 4.21. The largest absolute Gasteiger partial charge is 0.380 e. The fourth-order valence-electron chi connectivity index (χ4n) is 2.86. The van der Waals surface area contributed by atoms with Crippen molar-refractivity contribution in [3.05, 3.63) is 108 Å². The molecule has 0 bridgehead atoms. The van der Waals surface area contributed by atoms with E-state index in [1.165, 1.54) is 0 Å². The van der Waals surface area contributed by atoms with Crippen LogP contribution in [0.4, 0.5) is 0 Å². The summed E-state index contributed by atoms with van der Waals surface area (Å²) >= 11 is 0. The molecule has 26 heavy (non-hydrogen) atoms. The minimum atomic E-state index is -1.52. The van der Waals surface area contributed by atoms with Crippen LogP contribution in [-0.2, 0) is 10.4 Å². The maximum atomic E-state index is 12.5. The lowest BCUT2D eigenvalue weighted by Gasteiger charge is -2.28. The molecule has 0 aliphatic rings. The fourth-order valence-corrected chi connectivity index (χ4v) is 2.86.